The number of aromatic carboxylic acids is 1. The van der Waals surface area contributed by atoms with Gasteiger partial charge in [0.15, 0.2) is 0 Å². The molecule has 0 atom stereocenters. The molecule has 0 bridgehead atoms. The SMILES string of the molecule is Cc1cccc(C(=O)Oc2ccc(Br)cc2C(=O)O)c1. The molecule has 0 saturated heterocycles. The number of aryl methyl sites for hydroxylation is 1. The maximum absolute atomic E-state index is 12.0. The van der Waals surface area contributed by atoms with Crippen molar-refractivity contribution in [2.24, 2.45) is 0 Å². The molecule has 5 heteroatoms. The lowest BCUT2D eigenvalue weighted by Gasteiger charge is -2.08. The van der Waals surface area contributed by atoms with E-state index in [0.29, 0.717) is 10.0 Å². The van der Waals surface area contributed by atoms with Gasteiger partial charge < -0.3 is 9.84 Å². The van der Waals surface area contributed by atoms with Crippen molar-refractivity contribution in [3.63, 3.8) is 0 Å². The summed E-state index contributed by atoms with van der Waals surface area (Å²) in [5, 5.41) is 9.11. The Labute approximate surface area is 124 Å². The molecule has 0 aliphatic heterocycles. The van der Waals surface area contributed by atoms with Crippen LogP contribution < -0.4 is 4.74 Å². The number of halogens is 1. The van der Waals surface area contributed by atoms with Crippen molar-refractivity contribution >= 4 is 27.9 Å². The molecule has 2 rings (SSSR count). The number of carboxylic acids is 1. The highest BCUT2D eigenvalue weighted by atomic mass is 79.9. The number of carboxylic acid groups (broad SMARTS) is 1. The second-order valence-corrected chi connectivity index (χ2v) is 5.12. The van der Waals surface area contributed by atoms with Crippen LogP contribution in [0.4, 0.5) is 0 Å². The molecule has 102 valence electrons. The summed E-state index contributed by atoms with van der Waals surface area (Å²) in [7, 11) is 0. The standard InChI is InChI=1S/C15H11BrO4/c1-9-3-2-4-10(7-9)15(19)20-13-6-5-11(16)8-12(13)14(17)18/h2-8H,1H3,(H,17,18). The van der Waals surface area contributed by atoms with Crippen LogP contribution in [0.3, 0.4) is 0 Å². The summed E-state index contributed by atoms with van der Waals surface area (Å²) >= 11 is 3.18. The zero-order chi connectivity index (χ0) is 14.7. The Kier molecular flexibility index (Phi) is 4.20. The summed E-state index contributed by atoms with van der Waals surface area (Å²) in [6.07, 6.45) is 0. The molecule has 0 radical (unpaired) electrons. The molecule has 0 aliphatic carbocycles. The van der Waals surface area contributed by atoms with E-state index >= 15 is 0 Å². The molecule has 0 fully saturated rings. The summed E-state index contributed by atoms with van der Waals surface area (Å²) in [4.78, 5) is 23.1. The molecule has 0 aromatic heterocycles. The molecular weight excluding hydrogens is 324 g/mol. The Hall–Kier alpha value is -2.14. The number of rotatable bonds is 3. The summed E-state index contributed by atoms with van der Waals surface area (Å²) < 4.78 is 5.76. The van der Waals surface area contributed by atoms with Gasteiger partial charge >= 0.3 is 11.9 Å². The Bertz CT molecular complexity index is 679. The Morgan fingerprint density at radius 2 is 1.90 bits per heavy atom. The Morgan fingerprint density at radius 3 is 2.55 bits per heavy atom. The average Bonchev–Trinajstić information content (AvgIpc) is 2.40. The van der Waals surface area contributed by atoms with Gasteiger partial charge in [-0.2, -0.15) is 0 Å². The molecule has 2 aromatic rings. The van der Waals surface area contributed by atoms with Crippen LogP contribution in [0, 0.1) is 6.92 Å². The monoisotopic (exact) mass is 334 g/mol. The number of ether oxygens (including phenoxy) is 1. The molecule has 20 heavy (non-hydrogen) atoms. The molecule has 4 nitrogen and oxygen atoms in total. The summed E-state index contributed by atoms with van der Waals surface area (Å²) in [6.45, 7) is 1.86. The minimum absolute atomic E-state index is 0.0206. The molecule has 0 unspecified atom stereocenters. The van der Waals surface area contributed by atoms with Gasteiger partial charge in [-0.05, 0) is 37.3 Å². The first-order valence-corrected chi connectivity index (χ1v) is 6.58. The number of hydrogen-bond donors (Lipinski definition) is 1. The van der Waals surface area contributed by atoms with Crippen LogP contribution in [-0.2, 0) is 0 Å². The highest BCUT2D eigenvalue weighted by Gasteiger charge is 2.16. The average molecular weight is 335 g/mol. The molecule has 2 aromatic carbocycles. The van der Waals surface area contributed by atoms with E-state index in [1.54, 1.807) is 24.3 Å². The normalized spacial score (nSPS) is 10.1. The number of esters is 1. The summed E-state index contributed by atoms with van der Waals surface area (Å²) in [6, 6.07) is 11.4. The van der Waals surface area contributed by atoms with Crippen molar-refractivity contribution in [1.29, 1.82) is 0 Å². The van der Waals surface area contributed by atoms with Gasteiger partial charge in [0, 0.05) is 4.47 Å². The smallest absolute Gasteiger partial charge is 0.343 e. The Balaban J connectivity index is 2.30. The van der Waals surface area contributed by atoms with E-state index in [1.165, 1.54) is 12.1 Å². The second-order valence-electron chi connectivity index (χ2n) is 4.20. The topological polar surface area (TPSA) is 63.6 Å². The quantitative estimate of drug-likeness (QED) is 0.687. The molecule has 0 aliphatic rings. The van der Waals surface area contributed by atoms with Crippen LogP contribution in [0.5, 0.6) is 5.75 Å². The van der Waals surface area contributed by atoms with E-state index in [9.17, 15) is 9.59 Å². The van der Waals surface area contributed by atoms with Gasteiger partial charge in [-0.1, -0.05) is 33.6 Å². The van der Waals surface area contributed by atoms with Gasteiger partial charge in [-0.3, -0.25) is 0 Å². The lowest BCUT2D eigenvalue weighted by molar-refractivity contribution is 0.0681. The first-order valence-electron chi connectivity index (χ1n) is 5.79. The number of carbonyl (C=O) groups excluding carboxylic acids is 1. The highest BCUT2D eigenvalue weighted by Crippen LogP contribution is 2.24. The molecule has 0 amide bonds. The Morgan fingerprint density at radius 1 is 1.15 bits per heavy atom. The van der Waals surface area contributed by atoms with Gasteiger partial charge in [0.1, 0.15) is 11.3 Å². The van der Waals surface area contributed by atoms with Crippen molar-refractivity contribution in [3.05, 3.63) is 63.6 Å². The lowest BCUT2D eigenvalue weighted by Crippen LogP contribution is -2.11. The number of carbonyl (C=O) groups is 2. The first-order chi connectivity index (χ1) is 9.47. The van der Waals surface area contributed by atoms with E-state index in [-0.39, 0.29) is 11.3 Å². The molecule has 0 spiro atoms. The largest absolute Gasteiger partial charge is 0.478 e. The van der Waals surface area contributed by atoms with Crippen LogP contribution in [0.25, 0.3) is 0 Å². The fourth-order valence-corrected chi connectivity index (χ4v) is 2.05. The van der Waals surface area contributed by atoms with E-state index in [1.807, 2.05) is 13.0 Å². The molecule has 0 heterocycles. The van der Waals surface area contributed by atoms with Crippen molar-refractivity contribution in [2.75, 3.05) is 0 Å². The van der Waals surface area contributed by atoms with E-state index in [0.717, 1.165) is 5.56 Å². The molecule has 1 N–H and O–H groups in total. The summed E-state index contributed by atoms with van der Waals surface area (Å²) in [5.74, 6) is -1.72. The van der Waals surface area contributed by atoms with Gasteiger partial charge in [0.05, 0.1) is 5.56 Å². The van der Waals surface area contributed by atoms with Gasteiger partial charge in [-0.15, -0.1) is 0 Å². The van der Waals surface area contributed by atoms with Crippen molar-refractivity contribution < 1.29 is 19.4 Å². The predicted octanol–water partition coefficient (Wildman–Crippen LogP) is 3.67. The predicted molar refractivity (Wildman–Crippen MR) is 77.2 cm³/mol. The van der Waals surface area contributed by atoms with Gasteiger partial charge in [0.25, 0.3) is 0 Å². The van der Waals surface area contributed by atoms with Crippen LogP contribution in [-0.4, -0.2) is 17.0 Å². The third-order valence-corrected chi connectivity index (χ3v) is 3.12. The second kappa shape index (κ2) is 5.88. The van der Waals surface area contributed by atoms with E-state index < -0.39 is 11.9 Å². The van der Waals surface area contributed by atoms with Crippen LogP contribution in [0.1, 0.15) is 26.3 Å². The third kappa shape index (κ3) is 3.24. The minimum atomic E-state index is -1.15. The zero-order valence-corrected chi connectivity index (χ0v) is 12.2. The fraction of sp³-hybridized carbons (Fsp3) is 0.0667. The van der Waals surface area contributed by atoms with Crippen LogP contribution in [0.2, 0.25) is 0 Å². The maximum atomic E-state index is 12.0. The number of benzene rings is 2. The van der Waals surface area contributed by atoms with Crippen LogP contribution in [0.15, 0.2) is 46.9 Å². The van der Waals surface area contributed by atoms with Crippen molar-refractivity contribution in [1.82, 2.24) is 0 Å². The van der Waals surface area contributed by atoms with Crippen LogP contribution >= 0.6 is 15.9 Å². The van der Waals surface area contributed by atoms with Crippen molar-refractivity contribution in [3.8, 4) is 5.75 Å². The summed E-state index contributed by atoms with van der Waals surface area (Å²) in [5.41, 5.74) is 1.23. The number of hydrogen-bond acceptors (Lipinski definition) is 3. The third-order valence-electron chi connectivity index (χ3n) is 2.63. The molecule has 0 saturated carbocycles. The first kappa shape index (κ1) is 14.3. The van der Waals surface area contributed by atoms with Gasteiger partial charge in [0.2, 0.25) is 0 Å². The van der Waals surface area contributed by atoms with Gasteiger partial charge in [-0.25, -0.2) is 9.59 Å². The lowest BCUT2D eigenvalue weighted by atomic mass is 10.1. The van der Waals surface area contributed by atoms with Crippen molar-refractivity contribution in [2.45, 2.75) is 6.92 Å². The fourth-order valence-electron chi connectivity index (χ4n) is 1.69. The van der Waals surface area contributed by atoms with E-state index in [2.05, 4.69) is 15.9 Å². The maximum Gasteiger partial charge on any atom is 0.343 e. The molecular formula is C15H11BrO4. The highest BCUT2D eigenvalue weighted by molar-refractivity contribution is 9.10. The zero-order valence-electron chi connectivity index (χ0n) is 10.6. The van der Waals surface area contributed by atoms with E-state index in [4.69, 9.17) is 9.84 Å². The minimum Gasteiger partial charge on any atom is -0.478 e.